The van der Waals surface area contributed by atoms with Gasteiger partial charge in [-0.15, -0.1) is 0 Å². The molecule has 2 saturated carbocycles. The topological polar surface area (TPSA) is 29.1 Å². The maximum Gasteiger partial charge on any atom is 0.0509 e. The predicted molar refractivity (Wildman–Crippen MR) is 79.3 cm³/mol. The van der Waals surface area contributed by atoms with Crippen molar-refractivity contribution in [3.8, 4) is 0 Å². The third kappa shape index (κ3) is 2.98. The largest absolute Gasteiger partial charge is 0.312 e. The van der Waals surface area contributed by atoms with E-state index in [1.54, 1.807) is 0 Å². The molecule has 3 heteroatoms. The summed E-state index contributed by atoms with van der Waals surface area (Å²) in [5.74, 6) is 0. The van der Waals surface area contributed by atoms with Gasteiger partial charge in [0.1, 0.15) is 0 Å². The molecule has 1 N–H and O–H groups in total. The highest BCUT2D eigenvalue weighted by Crippen LogP contribution is 2.42. The Labute approximate surface area is 115 Å². The van der Waals surface area contributed by atoms with E-state index >= 15 is 0 Å². The summed E-state index contributed by atoms with van der Waals surface area (Å²) in [4.78, 5) is 0. The lowest BCUT2D eigenvalue weighted by molar-refractivity contribution is 0.286. The molecule has 0 aromatic carbocycles. The van der Waals surface area contributed by atoms with Gasteiger partial charge in [0.25, 0.3) is 0 Å². The minimum absolute atomic E-state index is 0.314. The van der Waals surface area contributed by atoms with Crippen molar-refractivity contribution in [2.45, 2.75) is 82.3 Å². The summed E-state index contributed by atoms with van der Waals surface area (Å²) in [5, 5.41) is 4.58. The summed E-state index contributed by atoms with van der Waals surface area (Å²) >= 11 is 0. The van der Waals surface area contributed by atoms with Crippen LogP contribution in [0.25, 0.3) is 0 Å². The van der Waals surface area contributed by atoms with Crippen LogP contribution < -0.4 is 5.32 Å². The fourth-order valence-electron chi connectivity index (χ4n) is 3.67. The van der Waals surface area contributed by atoms with Crippen LogP contribution in [0.5, 0.6) is 0 Å². The third-order valence-electron chi connectivity index (χ3n) is 4.83. The zero-order chi connectivity index (χ0) is 13.2. The van der Waals surface area contributed by atoms with E-state index in [0.29, 0.717) is 22.0 Å². The Bertz CT molecular complexity index is 297. The van der Waals surface area contributed by atoms with Gasteiger partial charge in [-0.1, -0.05) is 33.6 Å². The Morgan fingerprint density at radius 1 is 1.22 bits per heavy atom. The first-order chi connectivity index (χ1) is 8.56. The summed E-state index contributed by atoms with van der Waals surface area (Å²) < 4.78 is 12.8. The molecule has 0 aromatic rings. The molecule has 3 unspecified atom stereocenters. The van der Waals surface area contributed by atoms with Crippen LogP contribution in [0.3, 0.4) is 0 Å². The van der Waals surface area contributed by atoms with Gasteiger partial charge in [0.05, 0.1) is 5.25 Å². The summed E-state index contributed by atoms with van der Waals surface area (Å²) in [6.07, 6.45) is 8.51. The molecule has 0 saturated heterocycles. The summed E-state index contributed by atoms with van der Waals surface area (Å²) in [5.41, 5.74) is 0.314. The number of hydrogen-bond acceptors (Lipinski definition) is 2. The fraction of sp³-hybridized carbons (Fsp3) is 1.00. The Morgan fingerprint density at radius 2 is 1.89 bits per heavy atom. The summed E-state index contributed by atoms with van der Waals surface area (Å²) in [6, 6.07) is 0.457. The molecular weight excluding hydrogens is 242 g/mol. The molecule has 0 heterocycles. The minimum atomic E-state index is -0.613. The highest BCUT2D eigenvalue weighted by atomic mass is 32.2. The zero-order valence-electron chi connectivity index (χ0n) is 12.2. The zero-order valence-corrected chi connectivity index (χ0v) is 13.0. The lowest BCUT2D eigenvalue weighted by atomic mass is 9.87. The average Bonchev–Trinajstić information content (AvgIpc) is 2.93. The van der Waals surface area contributed by atoms with Crippen LogP contribution in [0.2, 0.25) is 0 Å². The van der Waals surface area contributed by atoms with Crippen molar-refractivity contribution in [2.24, 2.45) is 5.41 Å². The SMILES string of the molecule is CCCNC1C(S(=O)C2CCCC2)CCC1(C)C. The maximum atomic E-state index is 12.8. The van der Waals surface area contributed by atoms with Crippen molar-refractivity contribution in [2.75, 3.05) is 6.54 Å². The lowest BCUT2D eigenvalue weighted by Gasteiger charge is -2.32. The lowest BCUT2D eigenvalue weighted by Crippen LogP contribution is -2.47. The molecule has 0 aromatic heterocycles. The molecule has 2 fully saturated rings. The van der Waals surface area contributed by atoms with Crippen molar-refractivity contribution >= 4 is 10.8 Å². The van der Waals surface area contributed by atoms with E-state index in [-0.39, 0.29) is 0 Å². The first-order valence-corrected chi connectivity index (χ1v) is 8.96. The van der Waals surface area contributed by atoms with E-state index in [1.807, 2.05) is 0 Å². The Balaban J connectivity index is 2.03. The summed E-state index contributed by atoms with van der Waals surface area (Å²) in [6.45, 7) is 7.95. The van der Waals surface area contributed by atoms with Gasteiger partial charge in [0.15, 0.2) is 0 Å². The highest BCUT2D eigenvalue weighted by molar-refractivity contribution is 7.86. The van der Waals surface area contributed by atoms with Crippen LogP contribution in [0.15, 0.2) is 0 Å². The van der Waals surface area contributed by atoms with E-state index in [0.717, 1.165) is 19.4 Å². The van der Waals surface area contributed by atoms with Gasteiger partial charge in [0, 0.05) is 22.1 Å². The molecule has 2 rings (SSSR count). The van der Waals surface area contributed by atoms with Crippen molar-refractivity contribution < 1.29 is 4.21 Å². The molecule has 106 valence electrons. The molecule has 0 radical (unpaired) electrons. The molecule has 0 bridgehead atoms. The third-order valence-corrected chi connectivity index (χ3v) is 7.06. The van der Waals surface area contributed by atoms with Crippen LogP contribution in [0.4, 0.5) is 0 Å². The molecule has 0 aliphatic heterocycles. The Morgan fingerprint density at radius 3 is 2.50 bits per heavy atom. The first-order valence-electron chi connectivity index (χ1n) is 7.69. The molecule has 2 nitrogen and oxygen atoms in total. The van der Waals surface area contributed by atoms with Crippen molar-refractivity contribution in [1.82, 2.24) is 5.32 Å². The number of nitrogens with one attached hydrogen (secondary N) is 1. The normalized spacial score (nSPS) is 33.9. The van der Waals surface area contributed by atoms with Crippen molar-refractivity contribution in [1.29, 1.82) is 0 Å². The van der Waals surface area contributed by atoms with E-state index in [1.165, 1.54) is 32.1 Å². The molecule has 0 amide bonds. The number of hydrogen-bond donors (Lipinski definition) is 1. The van der Waals surface area contributed by atoms with Crippen molar-refractivity contribution in [3.63, 3.8) is 0 Å². The van der Waals surface area contributed by atoms with Crippen LogP contribution in [-0.4, -0.2) is 27.3 Å². The average molecular weight is 271 g/mol. The smallest absolute Gasteiger partial charge is 0.0509 e. The van der Waals surface area contributed by atoms with Gasteiger partial charge in [-0.25, -0.2) is 0 Å². The van der Waals surface area contributed by atoms with Crippen LogP contribution in [-0.2, 0) is 10.8 Å². The minimum Gasteiger partial charge on any atom is -0.312 e. The van der Waals surface area contributed by atoms with Gasteiger partial charge in [-0.2, -0.15) is 0 Å². The molecule has 18 heavy (non-hydrogen) atoms. The van der Waals surface area contributed by atoms with Crippen LogP contribution in [0, 0.1) is 5.41 Å². The maximum absolute atomic E-state index is 12.8. The predicted octanol–water partition coefficient (Wildman–Crippen LogP) is 3.23. The first kappa shape index (κ1) is 14.5. The van der Waals surface area contributed by atoms with E-state index in [2.05, 4.69) is 26.1 Å². The standard InChI is InChI=1S/C15H29NOS/c1-4-11-16-14-13(9-10-15(14,2)3)18(17)12-7-5-6-8-12/h12-14,16H,4-11H2,1-3H3. The number of rotatable bonds is 5. The molecule has 2 aliphatic rings. The molecular formula is C15H29NOS. The second-order valence-corrected chi connectivity index (χ2v) is 8.66. The van der Waals surface area contributed by atoms with Crippen LogP contribution >= 0.6 is 0 Å². The van der Waals surface area contributed by atoms with Gasteiger partial charge in [-0.05, 0) is 44.1 Å². The molecule has 2 aliphatic carbocycles. The van der Waals surface area contributed by atoms with Gasteiger partial charge >= 0.3 is 0 Å². The van der Waals surface area contributed by atoms with Gasteiger partial charge in [-0.3, -0.25) is 4.21 Å². The Kier molecular flexibility index (Phi) is 4.87. The van der Waals surface area contributed by atoms with Crippen molar-refractivity contribution in [3.05, 3.63) is 0 Å². The second kappa shape index (κ2) is 6.04. The van der Waals surface area contributed by atoms with E-state index in [4.69, 9.17) is 0 Å². The quantitative estimate of drug-likeness (QED) is 0.832. The molecule has 0 spiro atoms. The molecule has 3 atom stereocenters. The second-order valence-electron chi connectivity index (χ2n) is 6.73. The van der Waals surface area contributed by atoms with Gasteiger partial charge < -0.3 is 5.32 Å². The monoisotopic (exact) mass is 271 g/mol. The highest BCUT2D eigenvalue weighted by Gasteiger charge is 2.45. The van der Waals surface area contributed by atoms with E-state index in [9.17, 15) is 4.21 Å². The van der Waals surface area contributed by atoms with E-state index < -0.39 is 10.8 Å². The summed E-state index contributed by atoms with van der Waals surface area (Å²) in [7, 11) is -0.613. The van der Waals surface area contributed by atoms with Gasteiger partial charge in [0.2, 0.25) is 0 Å². The fourth-order valence-corrected chi connectivity index (χ4v) is 6.04. The van der Waals surface area contributed by atoms with Crippen LogP contribution in [0.1, 0.15) is 65.7 Å². The Hall–Kier alpha value is 0.110.